The Balaban J connectivity index is 1.53. The van der Waals surface area contributed by atoms with E-state index in [1.807, 2.05) is 5.38 Å². The molecule has 2 aromatic heterocycles. The SMILES string of the molecule is NC(CNC(=O)Cc1csc(-c2cnccn2)n1)C1CC1. The molecule has 0 radical (unpaired) electrons. The van der Waals surface area contributed by atoms with Crippen LogP contribution in [0.5, 0.6) is 0 Å². The minimum absolute atomic E-state index is 0.0397. The van der Waals surface area contributed by atoms with Crippen molar-refractivity contribution in [3.8, 4) is 10.7 Å². The molecule has 0 aromatic carbocycles. The zero-order chi connectivity index (χ0) is 14.7. The van der Waals surface area contributed by atoms with E-state index in [2.05, 4.69) is 20.3 Å². The van der Waals surface area contributed by atoms with Crippen LogP contribution in [-0.2, 0) is 11.2 Å². The summed E-state index contributed by atoms with van der Waals surface area (Å²) in [6, 6.07) is 0.0829. The van der Waals surface area contributed by atoms with E-state index in [9.17, 15) is 4.79 Å². The summed E-state index contributed by atoms with van der Waals surface area (Å²) in [6.45, 7) is 0.546. The summed E-state index contributed by atoms with van der Waals surface area (Å²) in [4.78, 5) is 24.5. The molecule has 0 saturated heterocycles. The molecule has 1 saturated carbocycles. The average molecular weight is 303 g/mol. The van der Waals surface area contributed by atoms with Crippen molar-refractivity contribution in [1.82, 2.24) is 20.3 Å². The number of hydrogen-bond donors (Lipinski definition) is 2. The molecule has 1 amide bonds. The normalized spacial score (nSPS) is 15.7. The number of nitrogens with zero attached hydrogens (tertiary/aromatic N) is 3. The molecule has 1 aliphatic rings. The van der Waals surface area contributed by atoms with Crippen molar-refractivity contribution < 1.29 is 4.79 Å². The number of rotatable bonds is 6. The molecule has 3 rings (SSSR count). The molecule has 0 spiro atoms. The second kappa shape index (κ2) is 6.28. The van der Waals surface area contributed by atoms with Gasteiger partial charge in [0.1, 0.15) is 10.7 Å². The Bertz CT molecular complexity index is 611. The van der Waals surface area contributed by atoms with E-state index in [0.29, 0.717) is 12.5 Å². The van der Waals surface area contributed by atoms with Crippen molar-refractivity contribution in [3.05, 3.63) is 29.7 Å². The fraction of sp³-hybridized carbons (Fsp3) is 0.429. The highest BCUT2D eigenvalue weighted by Gasteiger charge is 2.28. The van der Waals surface area contributed by atoms with Gasteiger partial charge in [-0.1, -0.05) is 0 Å². The van der Waals surface area contributed by atoms with Gasteiger partial charge in [0.2, 0.25) is 5.91 Å². The van der Waals surface area contributed by atoms with Crippen LogP contribution in [0, 0.1) is 5.92 Å². The van der Waals surface area contributed by atoms with Crippen LogP contribution < -0.4 is 11.1 Å². The van der Waals surface area contributed by atoms with Gasteiger partial charge in [-0.25, -0.2) is 4.98 Å². The van der Waals surface area contributed by atoms with E-state index in [1.165, 1.54) is 24.2 Å². The number of carbonyl (C=O) groups is 1. The van der Waals surface area contributed by atoms with E-state index in [1.54, 1.807) is 18.6 Å². The maximum Gasteiger partial charge on any atom is 0.226 e. The Morgan fingerprint density at radius 3 is 3.05 bits per heavy atom. The van der Waals surface area contributed by atoms with Crippen LogP contribution in [0.2, 0.25) is 0 Å². The van der Waals surface area contributed by atoms with Gasteiger partial charge in [0.15, 0.2) is 0 Å². The number of nitrogens with one attached hydrogen (secondary N) is 1. The molecule has 0 aliphatic heterocycles. The van der Waals surface area contributed by atoms with Crippen LogP contribution in [0.1, 0.15) is 18.5 Å². The molecule has 1 aliphatic carbocycles. The first-order valence-electron chi connectivity index (χ1n) is 6.95. The molecule has 1 unspecified atom stereocenters. The molecule has 2 aromatic rings. The lowest BCUT2D eigenvalue weighted by molar-refractivity contribution is -0.120. The second-order valence-electron chi connectivity index (χ2n) is 5.22. The lowest BCUT2D eigenvalue weighted by Crippen LogP contribution is -2.39. The monoisotopic (exact) mass is 303 g/mol. The highest BCUT2D eigenvalue weighted by Crippen LogP contribution is 2.31. The van der Waals surface area contributed by atoms with Gasteiger partial charge in [-0.15, -0.1) is 11.3 Å². The number of amides is 1. The van der Waals surface area contributed by atoms with Crippen LogP contribution in [-0.4, -0.2) is 33.4 Å². The lowest BCUT2D eigenvalue weighted by Gasteiger charge is -2.10. The maximum absolute atomic E-state index is 11.9. The Hall–Kier alpha value is -1.86. The van der Waals surface area contributed by atoms with Gasteiger partial charge in [-0.05, 0) is 18.8 Å². The highest BCUT2D eigenvalue weighted by atomic mass is 32.1. The fourth-order valence-corrected chi connectivity index (χ4v) is 2.84. The van der Waals surface area contributed by atoms with Gasteiger partial charge >= 0.3 is 0 Å². The predicted octanol–water partition coefficient (Wildman–Crippen LogP) is 0.996. The van der Waals surface area contributed by atoms with Gasteiger partial charge in [0, 0.05) is 30.4 Å². The van der Waals surface area contributed by atoms with Gasteiger partial charge in [0.25, 0.3) is 0 Å². The van der Waals surface area contributed by atoms with Crippen molar-refractivity contribution in [2.45, 2.75) is 25.3 Å². The quantitative estimate of drug-likeness (QED) is 0.830. The maximum atomic E-state index is 11.9. The first-order valence-corrected chi connectivity index (χ1v) is 7.83. The summed E-state index contributed by atoms with van der Waals surface area (Å²) in [5, 5.41) is 5.53. The molecule has 0 bridgehead atoms. The van der Waals surface area contributed by atoms with Crippen molar-refractivity contribution in [2.75, 3.05) is 6.54 Å². The summed E-state index contributed by atoms with van der Waals surface area (Å²) in [5.74, 6) is 0.551. The molecular weight excluding hydrogens is 286 g/mol. The Morgan fingerprint density at radius 2 is 2.33 bits per heavy atom. The lowest BCUT2D eigenvalue weighted by atomic mass is 10.2. The number of hydrogen-bond acceptors (Lipinski definition) is 6. The summed E-state index contributed by atoms with van der Waals surface area (Å²) in [5.41, 5.74) is 7.43. The molecule has 110 valence electrons. The molecule has 6 nitrogen and oxygen atoms in total. The highest BCUT2D eigenvalue weighted by molar-refractivity contribution is 7.13. The number of aromatic nitrogens is 3. The number of nitrogens with two attached hydrogens (primary N) is 1. The van der Waals surface area contributed by atoms with Crippen molar-refractivity contribution in [3.63, 3.8) is 0 Å². The number of carbonyl (C=O) groups excluding carboxylic acids is 1. The molecule has 1 fully saturated rings. The van der Waals surface area contributed by atoms with E-state index in [-0.39, 0.29) is 18.4 Å². The first kappa shape index (κ1) is 14.1. The largest absolute Gasteiger partial charge is 0.354 e. The van der Waals surface area contributed by atoms with E-state index in [4.69, 9.17) is 5.73 Å². The molecule has 1 atom stereocenters. The molecule has 21 heavy (non-hydrogen) atoms. The van der Waals surface area contributed by atoms with Gasteiger partial charge in [0.05, 0.1) is 18.3 Å². The van der Waals surface area contributed by atoms with Crippen molar-refractivity contribution >= 4 is 17.2 Å². The third-order valence-corrected chi connectivity index (χ3v) is 4.35. The molecular formula is C14H17N5OS. The van der Waals surface area contributed by atoms with Crippen LogP contribution in [0.25, 0.3) is 10.7 Å². The molecule has 7 heteroatoms. The fourth-order valence-electron chi connectivity index (χ4n) is 2.07. The summed E-state index contributed by atoms with van der Waals surface area (Å²) < 4.78 is 0. The van der Waals surface area contributed by atoms with Gasteiger partial charge in [-0.2, -0.15) is 0 Å². The Morgan fingerprint density at radius 1 is 1.48 bits per heavy atom. The van der Waals surface area contributed by atoms with Crippen molar-refractivity contribution in [2.24, 2.45) is 11.7 Å². The van der Waals surface area contributed by atoms with Crippen LogP contribution >= 0.6 is 11.3 Å². The van der Waals surface area contributed by atoms with E-state index >= 15 is 0 Å². The van der Waals surface area contributed by atoms with Crippen LogP contribution in [0.15, 0.2) is 24.0 Å². The Kier molecular flexibility index (Phi) is 4.21. The zero-order valence-corrected chi connectivity index (χ0v) is 12.3. The van der Waals surface area contributed by atoms with Crippen LogP contribution in [0.4, 0.5) is 0 Å². The van der Waals surface area contributed by atoms with Gasteiger partial charge in [-0.3, -0.25) is 14.8 Å². The standard InChI is InChI=1S/C14H17N5OS/c15-11(9-1-2-9)6-18-13(20)5-10-8-21-14(19-10)12-7-16-3-4-17-12/h3-4,7-9,11H,1-2,5-6,15H2,(H,18,20). The summed E-state index contributed by atoms with van der Waals surface area (Å²) >= 11 is 1.47. The third kappa shape index (κ3) is 3.83. The van der Waals surface area contributed by atoms with Gasteiger partial charge < -0.3 is 11.1 Å². The minimum atomic E-state index is -0.0397. The minimum Gasteiger partial charge on any atom is -0.354 e. The Labute approximate surface area is 126 Å². The predicted molar refractivity (Wildman–Crippen MR) is 80.6 cm³/mol. The first-order chi connectivity index (χ1) is 10.2. The zero-order valence-electron chi connectivity index (χ0n) is 11.5. The van der Waals surface area contributed by atoms with Crippen LogP contribution in [0.3, 0.4) is 0 Å². The molecule has 3 N–H and O–H groups in total. The van der Waals surface area contributed by atoms with E-state index in [0.717, 1.165) is 16.4 Å². The van der Waals surface area contributed by atoms with Crippen molar-refractivity contribution in [1.29, 1.82) is 0 Å². The summed E-state index contributed by atoms with van der Waals surface area (Å²) in [7, 11) is 0. The second-order valence-corrected chi connectivity index (χ2v) is 6.07. The van der Waals surface area contributed by atoms with E-state index < -0.39 is 0 Å². The average Bonchev–Trinajstić information content (AvgIpc) is 3.26. The number of thiazole rings is 1. The third-order valence-electron chi connectivity index (χ3n) is 3.44. The summed E-state index contributed by atoms with van der Waals surface area (Å²) in [6.07, 6.45) is 7.55. The topological polar surface area (TPSA) is 93.8 Å². The molecule has 2 heterocycles. The smallest absolute Gasteiger partial charge is 0.226 e.